The number of thiophene rings is 1. The average Bonchev–Trinajstić information content (AvgIpc) is 3.49. The van der Waals surface area contributed by atoms with Crippen LogP contribution in [0.4, 0.5) is 5.00 Å². The van der Waals surface area contributed by atoms with Gasteiger partial charge in [-0.3, -0.25) is 4.79 Å². The van der Waals surface area contributed by atoms with E-state index in [2.05, 4.69) is 5.32 Å². The van der Waals surface area contributed by atoms with E-state index < -0.39 is 11.9 Å². The largest absolute Gasteiger partial charge is 0.484 e. The highest BCUT2D eigenvalue weighted by molar-refractivity contribution is 7.17. The standard InChI is InChI=1S/C29H27NO6S/c1-15-8-9-18(12-16(15)2)25-17(3)37-27(26(25)29(33)34-4)30-24(31)14-35-19-10-11-21-20-6-5-7-22(20)28(32)36-23(21)13-19/h8-13H,5-7,14H2,1-4H3,(H,30,31). The third-order valence-corrected chi connectivity index (χ3v) is 7.86. The summed E-state index contributed by atoms with van der Waals surface area (Å²) in [6, 6.07) is 11.3. The average molecular weight is 518 g/mol. The molecule has 8 heteroatoms. The van der Waals surface area contributed by atoms with Gasteiger partial charge in [0.15, 0.2) is 6.61 Å². The molecule has 0 bridgehead atoms. The maximum atomic E-state index is 12.8. The second kappa shape index (κ2) is 9.86. The van der Waals surface area contributed by atoms with E-state index in [0.717, 1.165) is 62.9 Å². The predicted octanol–water partition coefficient (Wildman–Crippen LogP) is 5.74. The van der Waals surface area contributed by atoms with Crippen molar-refractivity contribution in [2.45, 2.75) is 40.0 Å². The van der Waals surface area contributed by atoms with Gasteiger partial charge in [-0.25, -0.2) is 9.59 Å². The van der Waals surface area contributed by atoms with Crippen molar-refractivity contribution in [3.8, 4) is 16.9 Å². The maximum absolute atomic E-state index is 12.8. The molecule has 0 fully saturated rings. The number of ether oxygens (including phenoxy) is 2. The van der Waals surface area contributed by atoms with E-state index in [9.17, 15) is 14.4 Å². The number of carbonyl (C=O) groups excluding carboxylic acids is 2. The minimum Gasteiger partial charge on any atom is -0.484 e. The van der Waals surface area contributed by atoms with Crippen molar-refractivity contribution in [2.24, 2.45) is 0 Å². The highest BCUT2D eigenvalue weighted by Gasteiger charge is 2.25. The predicted molar refractivity (Wildman–Crippen MR) is 144 cm³/mol. The molecule has 0 unspecified atom stereocenters. The molecule has 1 aliphatic carbocycles. The molecule has 1 N–H and O–H groups in total. The van der Waals surface area contributed by atoms with Crippen molar-refractivity contribution >= 4 is 39.2 Å². The zero-order chi connectivity index (χ0) is 26.3. The van der Waals surface area contributed by atoms with Crippen molar-refractivity contribution in [1.29, 1.82) is 0 Å². The zero-order valence-corrected chi connectivity index (χ0v) is 22.0. The fourth-order valence-electron chi connectivity index (χ4n) is 4.84. The number of carbonyl (C=O) groups is 2. The third kappa shape index (κ3) is 4.64. The Bertz CT molecular complexity index is 1610. The summed E-state index contributed by atoms with van der Waals surface area (Å²) in [5.74, 6) is -0.533. The van der Waals surface area contributed by atoms with Crippen LogP contribution in [-0.2, 0) is 22.4 Å². The Labute approximate surface area is 218 Å². The molecule has 2 aromatic carbocycles. The molecule has 1 aliphatic rings. The van der Waals surface area contributed by atoms with Crippen LogP contribution in [0, 0.1) is 20.8 Å². The summed E-state index contributed by atoms with van der Waals surface area (Å²) in [6.07, 6.45) is 2.54. The normalized spacial score (nSPS) is 12.4. The number of benzene rings is 2. The summed E-state index contributed by atoms with van der Waals surface area (Å²) < 4.78 is 16.2. The monoisotopic (exact) mass is 517 g/mol. The molecule has 4 aromatic rings. The third-order valence-electron chi connectivity index (χ3n) is 6.84. The molecule has 0 aliphatic heterocycles. The van der Waals surface area contributed by atoms with Gasteiger partial charge >= 0.3 is 11.6 Å². The SMILES string of the molecule is COC(=O)c1c(NC(=O)COc2ccc3c4c(c(=O)oc3c2)CCC4)sc(C)c1-c1ccc(C)c(C)c1. The molecule has 0 radical (unpaired) electrons. The Morgan fingerprint density at radius 3 is 2.57 bits per heavy atom. The van der Waals surface area contributed by atoms with Crippen molar-refractivity contribution in [2.75, 3.05) is 19.0 Å². The van der Waals surface area contributed by atoms with Gasteiger partial charge in [0, 0.05) is 27.5 Å². The van der Waals surface area contributed by atoms with Crippen LogP contribution < -0.4 is 15.7 Å². The molecule has 7 nitrogen and oxygen atoms in total. The summed E-state index contributed by atoms with van der Waals surface area (Å²) in [5.41, 5.74) is 6.15. The van der Waals surface area contributed by atoms with E-state index in [0.29, 0.717) is 21.9 Å². The number of amides is 1. The first kappa shape index (κ1) is 24.8. The Morgan fingerprint density at radius 2 is 1.81 bits per heavy atom. The van der Waals surface area contributed by atoms with Crippen LogP contribution in [0.5, 0.6) is 5.75 Å². The Kier molecular flexibility index (Phi) is 6.60. The molecule has 0 atom stereocenters. The van der Waals surface area contributed by atoms with E-state index in [-0.39, 0.29) is 12.2 Å². The molecule has 2 heterocycles. The van der Waals surface area contributed by atoms with Crippen LogP contribution in [-0.4, -0.2) is 25.6 Å². The zero-order valence-electron chi connectivity index (χ0n) is 21.2. The number of hydrogen-bond donors (Lipinski definition) is 1. The molecule has 2 aromatic heterocycles. The highest BCUT2D eigenvalue weighted by atomic mass is 32.1. The first-order valence-corrected chi connectivity index (χ1v) is 12.9. The molecule has 0 saturated heterocycles. The fourth-order valence-corrected chi connectivity index (χ4v) is 5.92. The number of nitrogens with one attached hydrogen (secondary N) is 1. The van der Waals surface area contributed by atoms with Gasteiger partial charge in [0.1, 0.15) is 21.9 Å². The van der Waals surface area contributed by atoms with Gasteiger partial charge in [0.2, 0.25) is 0 Å². The molecule has 1 amide bonds. The van der Waals surface area contributed by atoms with Crippen molar-refractivity contribution < 1.29 is 23.5 Å². The second-order valence-corrected chi connectivity index (χ2v) is 10.4. The number of esters is 1. The fraction of sp³-hybridized carbons (Fsp3) is 0.276. The minimum absolute atomic E-state index is 0.281. The minimum atomic E-state index is -0.522. The molecule has 0 spiro atoms. The van der Waals surface area contributed by atoms with Gasteiger partial charge in [0.05, 0.1) is 7.11 Å². The molecule has 37 heavy (non-hydrogen) atoms. The Balaban J connectivity index is 1.37. The van der Waals surface area contributed by atoms with E-state index in [1.54, 1.807) is 12.1 Å². The van der Waals surface area contributed by atoms with Crippen LogP contribution in [0.1, 0.15) is 43.9 Å². The molecule has 0 saturated carbocycles. The lowest BCUT2D eigenvalue weighted by Gasteiger charge is -2.11. The smallest absolute Gasteiger partial charge is 0.341 e. The quantitative estimate of drug-likeness (QED) is 0.259. The van der Waals surface area contributed by atoms with Gasteiger partial charge in [-0.15, -0.1) is 11.3 Å². The van der Waals surface area contributed by atoms with Gasteiger partial charge in [-0.1, -0.05) is 18.2 Å². The van der Waals surface area contributed by atoms with Crippen LogP contribution in [0.3, 0.4) is 0 Å². The number of rotatable bonds is 6. The number of hydrogen-bond acceptors (Lipinski definition) is 7. The van der Waals surface area contributed by atoms with Gasteiger partial charge in [0.25, 0.3) is 5.91 Å². The summed E-state index contributed by atoms with van der Waals surface area (Å²) in [4.78, 5) is 38.7. The van der Waals surface area contributed by atoms with E-state index in [1.807, 2.05) is 45.0 Å². The van der Waals surface area contributed by atoms with Gasteiger partial charge in [-0.05, 0) is 74.4 Å². The topological polar surface area (TPSA) is 94.8 Å². The van der Waals surface area contributed by atoms with Crippen LogP contribution in [0.25, 0.3) is 22.1 Å². The summed E-state index contributed by atoms with van der Waals surface area (Å²) in [5, 5.41) is 4.12. The number of anilines is 1. The molecular weight excluding hydrogens is 490 g/mol. The van der Waals surface area contributed by atoms with Crippen molar-refractivity contribution in [3.05, 3.63) is 79.5 Å². The molecule has 5 rings (SSSR count). The lowest BCUT2D eigenvalue weighted by atomic mass is 9.97. The summed E-state index contributed by atoms with van der Waals surface area (Å²) in [6.45, 7) is 5.68. The lowest BCUT2D eigenvalue weighted by Crippen LogP contribution is -2.21. The number of aryl methyl sites for hydroxylation is 4. The number of fused-ring (bicyclic) bond motifs is 3. The highest BCUT2D eigenvalue weighted by Crippen LogP contribution is 2.41. The number of methoxy groups -OCH3 is 1. The van der Waals surface area contributed by atoms with E-state index in [4.69, 9.17) is 13.9 Å². The van der Waals surface area contributed by atoms with Crippen molar-refractivity contribution in [3.63, 3.8) is 0 Å². The van der Waals surface area contributed by atoms with Gasteiger partial charge in [-0.2, -0.15) is 0 Å². The van der Waals surface area contributed by atoms with Crippen LogP contribution in [0.2, 0.25) is 0 Å². The first-order valence-electron chi connectivity index (χ1n) is 12.1. The Morgan fingerprint density at radius 1 is 1.03 bits per heavy atom. The van der Waals surface area contributed by atoms with E-state index in [1.165, 1.54) is 18.4 Å². The lowest BCUT2D eigenvalue weighted by molar-refractivity contribution is -0.118. The van der Waals surface area contributed by atoms with Crippen molar-refractivity contribution in [1.82, 2.24) is 0 Å². The maximum Gasteiger partial charge on any atom is 0.341 e. The first-order chi connectivity index (χ1) is 17.8. The molecular formula is C29H27NO6S. The molecule has 190 valence electrons. The van der Waals surface area contributed by atoms with Crippen LogP contribution in [0.15, 0.2) is 45.6 Å². The van der Waals surface area contributed by atoms with Gasteiger partial charge < -0.3 is 19.2 Å². The summed E-state index contributed by atoms with van der Waals surface area (Å²) in [7, 11) is 1.32. The Hall–Kier alpha value is -3.91. The van der Waals surface area contributed by atoms with Crippen LogP contribution >= 0.6 is 11.3 Å². The summed E-state index contributed by atoms with van der Waals surface area (Å²) >= 11 is 1.32. The second-order valence-electron chi connectivity index (χ2n) is 9.22. The van der Waals surface area contributed by atoms with E-state index >= 15 is 0 Å².